The molecule has 0 saturated carbocycles. The molecule has 2 rings (SSSR count). The minimum atomic E-state index is -0.550. The first-order chi connectivity index (χ1) is 8.60. The van der Waals surface area contributed by atoms with Crippen LogP contribution in [-0.4, -0.2) is 12.2 Å². The minimum absolute atomic E-state index is 0.522. The van der Waals surface area contributed by atoms with E-state index in [9.17, 15) is 5.11 Å². The van der Waals surface area contributed by atoms with Gasteiger partial charge in [0.15, 0.2) is 0 Å². The van der Waals surface area contributed by atoms with Gasteiger partial charge in [0.2, 0.25) is 0 Å². The highest BCUT2D eigenvalue weighted by Gasteiger charge is 2.13. The molecule has 5 heteroatoms. The molecule has 0 aliphatic heterocycles. The highest BCUT2D eigenvalue weighted by molar-refractivity contribution is 9.10. The standard InChI is InChI=1S/C13H12BrClO2S/c1-17-10-2-3-11(14)8(4-10)5-12(16)13-6-9(15)7-18-13/h2-4,6-7,12,16H,5H2,1H3. The number of aliphatic hydroxyl groups is 1. The molecular formula is C13H12BrClO2S. The summed E-state index contributed by atoms with van der Waals surface area (Å²) in [7, 11) is 1.63. The van der Waals surface area contributed by atoms with Crippen molar-refractivity contribution >= 4 is 38.9 Å². The Morgan fingerprint density at radius 1 is 1.44 bits per heavy atom. The van der Waals surface area contributed by atoms with Crippen LogP contribution in [0.3, 0.4) is 0 Å². The van der Waals surface area contributed by atoms with E-state index in [0.717, 1.165) is 20.7 Å². The Balaban J connectivity index is 2.18. The second kappa shape index (κ2) is 6.06. The number of hydrogen-bond acceptors (Lipinski definition) is 3. The van der Waals surface area contributed by atoms with Crippen LogP contribution in [0.1, 0.15) is 16.5 Å². The predicted molar refractivity (Wildman–Crippen MR) is 78.7 cm³/mol. The van der Waals surface area contributed by atoms with E-state index < -0.39 is 6.10 Å². The zero-order valence-electron chi connectivity index (χ0n) is 9.69. The predicted octanol–water partition coefficient (Wildman–Crippen LogP) is 4.45. The molecule has 0 fully saturated rings. The summed E-state index contributed by atoms with van der Waals surface area (Å²) >= 11 is 10.8. The number of benzene rings is 1. The Bertz CT molecular complexity index is 542. The molecule has 0 bridgehead atoms. The Kier molecular flexibility index (Phi) is 4.67. The molecule has 0 aliphatic carbocycles. The molecule has 0 radical (unpaired) electrons. The van der Waals surface area contributed by atoms with Crippen LogP contribution in [0.2, 0.25) is 5.02 Å². The zero-order valence-corrected chi connectivity index (χ0v) is 12.8. The quantitative estimate of drug-likeness (QED) is 0.885. The van der Waals surface area contributed by atoms with E-state index in [1.165, 1.54) is 11.3 Å². The maximum atomic E-state index is 10.2. The van der Waals surface area contributed by atoms with Crippen LogP contribution in [0.5, 0.6) is 5.75 Å². The fourth-order valence-corrected chi connectivity index (χ4v) is 3.12. The summed E-state index contributed by atoms with van der Waals surface area (Å²) in [4.78, 5) is 0.870. The Labute approximate surface area is 123 Å². The molecule has 0 aliphatic rings. The van der Waals surface area contributed by atoms with Crippen LogP contribution >= 0.6 is 38.9 Å². The Morgan fingerprint density at radius 3 is 2.83 bits per heavy atom. The molecule has 96 valence electrons. The molecule has 18 heavy (non-hydrogen) atoms. The molecule has 1 aromatic carbocycles. The van der Waals surface area contributed by atoms with Gasteiger partial charge in [0.1, 0.15) is 5.75 Å². The average Bonchev–Trinajstić information content (AvgIpc) is 2.79. The third-order valence-corrected chi connectivity index (χ3v) is 4.74. The SMILES string of the molecule is COc1ccc(Br)c(CC(O)c2cc(Cl)cs2)c1. The lowest BCUT2D eigenvalue weighted by atomic mass is 10.1. The topological polar surface area (TPSA) is 29.5 Å². The van der Waals surface area contributed by atoms with Gasteiger partial charge in [-0.05, 0) is 29.8 Å². The lowest BCUT2D eigenvalue weighted by molar-refractivity contribution is 0.182. The maximum absolute atomic E-state index is 10.2. The second-order valence-electron chi connectivity index (χ2n) is 3.84. The molecule has 1 N–H and O–H groups in total. The van der Waals surface area contributed by atoms with Crippen LogP contribution in [-0.2, 0) is 6.42 Å². The molecule has 0 spiro atoms. The van der Waals surface area contributed by atoms with Gasteiger partial charge < -0.3 is 9.84 Å². The van der Waals surface area contributed by atoms with Crippen molar-refractivity contribution in [2.45, 2.75) is 12.5 Å². The third-order valence-electron chi connectivity index (χ3n) is 2.58. The second-order valence-corrected chi connectivity index (χ2v) is 6.08. The van der Waals surface area contributed by atoms with Crippen molar-refractivity contribution in [2.24, 2.45) is 0 Å². The number of halogens is 2. The van der Waals surface area contributed by atoms with Crippen LogP contribution in [0.4, 0.5) is 0 Å². The first kappa shape index (κ1) is 13.9. The summed E-state index contributed by atoms with van der Waals surface area (Å²) < 4.78 is 6.14. The first-order valence-electron chi connectivity index (χ1n) is 5.34. The van der Waals surface area contributed by atoms with Crippen molar-refractivity contribution in [3.05, 3.63) is 49.6 Å². The number of methoxy groups -OCH3 is 1. The highest BCUT2D eigenvalue weighted by Crippen LogP contribution is 2.31. The van der Waals surface area contributed by atoms with Gasteiger partial charge in [-0.25, -0.2) is 0 Å². The average molecular weight is 348 g/mol. The molecule has 2 nitrogen and oxygen atoms in total. The van der Waals surface area contributed by atoms with E-state index in [1.54, 1.807) is 13.2 Å². The van der Waals surface area contributed by atoms with Crippen LogP contribution < -0.4 is 4.74 Å². The van der Waals surface area contributed by atoms with Gasteiger partial charge in [0, 0.05) is 21.2 Å². The number of thiophene rings is 1. The van der Waals surface area contributed by atoms with Crippen LogP contribution in [0.15, 0.2) is 34.1 Å². The van der Waals surface area contributed by atoms with E-state index in [0.29, 0.717) is 11.4 Å². The summed E-state index contributed by atoms with van der Waals surface area (Å²) in [5.41, 5.74) is 1.01. The van der Waals surface area contributed by atoms with Crippen molar-refractivity contribution in [2.75, 3.05) is 7.11 Å². The van der Waals surface area contributed by atoms with Crippen LogP contribution in [0.25, 0.3) is 0 Å². The highest BCUT2D eigenvalue weighted by atomic mass is 79.9. The number of aliphatic hydroxyl groups excluding tert-OH is 1. The van der Waals surface area contributed by atoms with Gasteiger partial charge in [-0.1, -0.05) is 27.5 Å². The van der Waals surface area contributed by atoms with Gasteiger partial charge in [-0.2, -0.15) is 0 Å². The molecular weight excluding hydrogens is 336 g/mol. The summed E-state index contributed by atoms with van der Waals surface area (Å²) in [6.07, 6.45) is -0.0276. The maximum Gasteiger partial charge on any atom is 0.119 e. The van der Waals surface area contributed by atoms with Crippen LogP contribution in [0, 0.1) is 0 Å². The van der Waals surface area contributed by atoms with Crippen molar-refractivity contribution in [1.29, 1.82) is 0 Å². The monoisotopic (exact) mass is 346 g/mol. The van der Waals surface area contributed by atoms with Gasteiger partial charge in [0.25, 0.3) is 0 Å². The number of hydrogen-bond donors (Lipinski definition) is 1. The molecule has 1 atom stereocenters. The summed E-state index contributed by atoms with van der Waals surface area (Å²) in [6, 6.07) is 7.51. The molecule has 0 saturated heterocycles. The summed E-state index contributed by atoms with van der Waals surface area (Å²) in [6.45, 7) is 0. The largest absolute Gasteiger partial charge is 0.497 e. The third kappa shape index (κ3) is 3.26. The van der Waals surface area contributed by atoms with Gasteiger partial charge >= 0.3 is 0 Å². The normalized spacial score (nSPS) is 12.4. The van der Waals surface area contributed by atoms with Crippen molar-refractivity contribution < 1.29 is 9.84 Å². The summed E-state index contributed by atoms with van der Waals surface area (Å²) in [5, 5.41) is 12.7. The number of ether oxygens (including phenoxy) is 1. The molecule has 1 unspecified atom stereocenters. The molecule has 0 amide bonds. The smallest absolute Gasteiger partial charge is 0.119 e. The number of rotatable bonds is 4. The van der Waals surface area contributed by atoms with Crippen molar-refractivity contribution in [3.8, 4) is 5.75 Å². The first-order valence-corrected chi connectivity index (χ1v) is 7.39. The van der Waals surface area contributed by atoms with Gasteiger partial charge in [-0.15, -0.1) is 11.3 Å². The fraction of sp³-hybridized carbons (Fsp3) is 0.231. The molecule has 2 aromatic rings. The van der Waals surface area contributed by atoms with E-state index in [-0.39, 0.29) is 0 Å². The molecule has 1 aromatic heterocycles. The van der Waals surface area contributed by atoms with E-state index in [2.05, 4.69) is 15.9 Å². The molecule has 1 heterocycles. The van der Waals surface area contributed by atoms with E-state index >= 15 is 0 Å². The Hall–Kier alpha value is -0.550. The summed E-state index contributed by atoms with van der Waals surface area (Å²) in [5.74, 6) is 0.782. The van der Waals surface area contributed by atoms with E-state index in [1.807, 2.05) is 23.6 Å². The lowest BCUT2D eigenvalue weighted by Crippen LogP contribution is -2.00. The van der Waals surface area contributed by atoms with Gasteiger partial charge in [0.05, 0.1) is 18.2 Å². The Morgan fingerprint density at radius 2 is 2.22 bits per heavy atom. The zero-order chi connectivity index (χ0) is 13.1. The fourth-order valence-electron chi connectivity index (χ4n) is 1.65. The van der Waals surface area contributed by atoms with E-state index in [4.69, 9.17) is 16.3 Å². The lowest BCUT2D eigenvalue weighted by Gasteiger charge is -2.11. The van der Waals surface area contributed by atoms with Crippen molar-refractivity contribution in [1.82, 2.24) is 0 Å². The van der Waals surface area contributed by atoms with Crippen molar-refractivity contribution in [3.63, 3.8) is 0 Å². The minimum Gasteiger partial charge on any atom is -0.497 e. The van der Waals surface area contributed by atoms with Gasteiger partial charge in [-0.3, -0.25) is 0 Å².